The minimum atomic E-state index is -0.612. The van der Waals surface area contributed by atoms with Crippen LogP contribution < -0.4 is 55.2 Å². The Kier molecular flexibility index (Phi) is 17.3. The van der Waals surface area contributed by atoms with E-state index in [4.69, 9.17) is 18.9 Å². The van der Waals surface area contributed by atoms with Crippen LogP contribution in [0.2, 0.25) is 0 Å². The molecule has 4 rings (SSSR count). The van der Waals surface area contributed by atoms with Crippen LogP contribution in [0.4, 0.5) is 0 Å². The van der Waals surface area contributed by atoms with Gasteiger partial charge >= 0.3 is 11.9 Å². The Labute approximate surface area is 309 Å². The molecule has 4 aromatic carbocycles. The number of carbonyl (C=O) groups excluding carboxylic acids is 4. The van der Waals surface area contributed by atoms with Gasteiger partial charge in [0.25, 0.3) is 0 Å². The Balaban J connectivity index is 0.00000451. The van der Waals surface area contributed by atoms with Crippen LogP contribution in [0.1, 0.15) is 28.7 Å². The largest absolute Gasteiger partial charge is 1.00 e. The number of ketones is 2. The highest BCUT2D eigenvalue weighted by Crippen LogP contribution is 2.30. The van der Waals surface area contributed by atoms with E-state index in [0.29, 0.717) is 35.5 Å². The topological polar surface area (TPSA) is 160 Å². The van der Waals surface area contributed by atoms with Crippen LogP contribution in [0.15, 0.2) is 109 Å². The van der Waals surface area contributed by atoms with Crippen LogP contribution in [0.5, 0.6) is 23.0 Å². The number of methoxy groups -OCH3 is 2. The number of rotatable bonds is 16. The molecule has 10 nitrogen and oxygen atoms in total. The smallest absolute Gasteiger partial charge is 0.370 e. The molecule has 0 amide bonds. The Morgan fingerprint density at radius 1 is 0.569 bits per heavy atom. The Bertz CT molecular complexity index is 1700. The maximum absolute atomic E-state index is 12.6. The van der Waals surface area contributed by atoms with E-state index < -0.39 is 35.6 Å². The maximum Gasteiger partial charge on any atom is 0.370 e. The minimum absolute atomic E-state index is 0. The molecule has 0 saturated carbocycles. The molecule has 0 bridgehead atoms. The summed E-state index contributed by atoms with van der Waals surface area (Å²) in [6, 6.07) is 27.6. The number of hydrogen-bond acceptors (Lipinski definition) is 8. The number of hydrogen-bond donors (Lipinski definition) is 2. The van der Waals surface area contributed by atoms with E-state index >= 15 is 0 Å². The first kappa shape index (κ1) is 41.9. The van der Waals surface area contributed by atoms with Crippen LogP contribution in [0, 0.1) is 0 Å². The summed E-state index contributed by atoms with van der Waals surface area (Å²) < 4.78 is 21.8. The monoisotopic (exact) mass is 734 g/mol. The van der Waals surface area contributed by atoms with E-state index in [-0.39, 0.29) is 42.7 Å². The predicted molar refractivity (Wildman–Crippen MR) is 184 cm³/mol. The zero-order valence-corrected chi connectivity index (χ0v) is 29.8. The van der Waals surface area contributed by atoms with Crippen LogP contribution >= 0.6 is 0 Å². The predicted octanol–water partition coefficient (Wildman–Crippen LogP) is -2.52. The SMILES string of the molecule is COc1cc(/C=C/C(=O)CC(=O)/C=C/c2ccc(OC(=O)[C@@H]([NH3+])Cc3ccccc3)c(OC)c2)ccc1OC(=O)[C@@H]([NH3+])Cc1ccccc1.[Cl-].[Cl-]. The Morgan fingerprint density at radius 2 is 0.941 bits per heavy atom. The highest BCUT2D eigenvalue weighted by molar-refractivity contribution is 6.10. The van der Waals surface area contributed by atoms with E-state index in [1.54, 1.807) is 48.6 Å². The number of halogens is 2. The maximum atomic E-state index is 12.6. The highest BCUT2D eigenvalue weighted by Gasteiger charge is 2.23. The van der Waals surface area contributed by atoms with Gasteiger partial charge in [0.05, 0.1) is 20.6 Å². The van der Waals surface area contributed by atoms with Crippen molar-refractivity contribution in [1.29, 1.82) is 0 Å². The molecule has 12 heteroatoms. The van der Waals surface area contributed by atoms with Crippen molar-refractivity contribution in [2.75, 3.05) is 14.2 Å². The molecule has 51 heavy (non-hydrogen) atoms. The average molecular weight is 736 g/mol. The number of quaternary nitrogens is 2. The summed E-state index contributed by atoms with van der Waals surface area (Å²) in [6.07, 6.45) is 6.23. The van der Waals surface area contributed by atoms with Crippen molar-refractivity contribution in [3.63, 3.8) is 0 Å². The molecule has 0 radical (unpaired) electrons. The molecule has 0 aliphatic heterocycles. The van der Waals surface area contributed by atoms with Gasteiger partial charge in [-0.05, 0) is 58.7 Å². The van der Waals surface area contributed by atoms with E-state index in [2.05, 4.69) is 11.5 Å². The fraction of sp³-hybridized carbons (Fsp3) is 0.179. The lowest BCUT2D eigenvalue weighted by molar-refractivity contribution is -0.406. The average Bonchev–Trinajstić information content (AvgIpc) is 3.11. The van der Waals surface area contributed by atoms with Gasteiger partial charge in [0.15, 0.2) is 46.6 Å². The van der Waals surface area contributed by atoms with Crippen molar-refractivity contribution in [3.8, 4) is 23.0 Å². The summed E-state index contributed by atoms with van der Waals surface area (Å²) in [5, 5.41) is 0. The third-order valence-electron chi connectivity index (χ3n) is 7.38. The van der Waals surface area contributed by atoms with Gasteiger partial charge in [0.2, 0.25) is 0 Å². The number of benzene rings is 4. The summed E-state index contributed by atoms with van der Waals surface area (Å²) in [5.74, 6) is -0.706. The molecular formula is C39H40Cl2N2O8. The molecule has 2 atom stereocenters. The van der Waals surface area contributed by atoms with Crippen molar-refractivity contribution >= 4 is 35.7 Å². The standard InChI is InChI=1S/C39H38N2O8.2ClH/c1-46-36-23-28(15-19-34(36)48-38(44)32(40)21-26-9-5-3-6-10-26)13-17-30(42)25-31(43)18-14-29-16-20-35(37(24-29)47-2)49-39(45)33(41)22-27-11-7-4-8-12-27;;/h3-20,23-24,32-33H,21-22,25,40-41H2,1-2H3;2*1H/b17-13+,18-14+;;/t32-,33-;;/m0../s1. The molecule has 0 aromatic heterocycles. The first-order valence-electron chi connectivity index (χ1n) is 15.6. The zero-order valence-electron chi connectivity index (χ0n) is 28.3. The molecule has 0 aliphatic carbocycles. The van der Waals surface area contributed by atoms with Gasteiger partial charge in [-0.25, -0.2) is 9.59 Å². The van der Waals surface area contributed by atoms with Crippen molar-refractivity contribution < 1.29 is 74.4 Å². The molecular weight excluding hydrogens is 695 g/mol. The minimum Gasteiger partial charge on any atom is -1.00 e. The molecule has 0 saturated heterocycles. The van der Waals surface area contributed by atoms with Crippen LogP contribution in [0.25, 0.3) is 12.2 Å². The first-order chi connectivity index (χ1) is 23.6. The summed E-state index contributed by atoms with van der Waals surface area (Å²) in [6.45, 7) is 0. The second-order valence-corrected chi connectivity index (χ2v) is 11.2. The number of ether oxygens (including phenoxy) is 4. The van der Waals surface area contributed by atoms with Crippen LogP contribution in [0.3, 0.4) is 0 Å². The third-order valence-corrected chi connectivity index (χ3v) is 7.38. The molecule has 268 valence electrons. The molecule has 0 aliphatic rings. The molecule has 4 aromatic rings. The molecule has 0 unspecified atom stereocenters. The van der Waals surface area contributed by atoms with Gasteiger partial charge in [-0.2, -0.15) is 0 Å². The molecule has 0 spiro atoms. The number of esters is 2. The van der Waals surface area contributed by atoms with Crippen molar-refractivity contribution in [2.45, 2.75) is 31.3 Å². The second kappa shape index (κ2) is 21.1. The van der Waals surface area contributed by atoms with Crippen LogP contribution in [-0.2, 0) is 32.0 Å². The zero-order chi connectivity index (χ0) is 35.2. The first-order valence-corrected chi connectivity index (χ1v) is 15.6. The Morgan fingerprint density at radius 3 is 1.29 bits per heavy atom. The summed E-state index contributed by atoms with van der Waals surface area (Å²) in [7, 11) is 2.89. The molecule has 0 fully saturated rings. The Hall–Kier alpha value is -5.26. The van der Waals surface area contributed by atoms with E-state index in [0.717, 1.165) is 11.1 Å². The van der Waals surface area contributed by atoms with Gasteiger partial charge in [0.1, 0.15) is 0 Å². The van der Waals surface area contributed by atoms with E-state index in [9.17, 15) is 19.2 Å². The van der Waals surface area contributed by atoms with Gasteiger partial charge in [0, 0.05) is 12.8 Å². The van der Waals surface area contributed by atoms with Gasteiger partial charge in [-0.15, -0.1) is 0 Å². The fourth-order valence-corrected chi connectivity index (χ4v) is 4.76. The van der Waals surface area contributed by atoms with E-state index in [1.807, 2.05) is 60.7 Å². The molecule has 6 N–H and O–H groups in total. The summed E-state index contributed by atoms with van der Waals surface area (Å²) >= 11 is 0. The van der Waals surface area contributed by atoms with Crippen molar-refractivity contribution in [1.82, 2.24) is 0 Å². The van der Waals surface area contributed by atoms with E-state index in [1.165, 1.54) is 26.4 Å². The highest BCUT2D eigenvalue weighted by atomic mass is 35.5. The summed E-state index contributed by atoms with van der Waals surface area (Å²) in [5.41, 5.74) is 11.0. The van der Waals surface area contributed by atoms with Crippen molar-refractivity contribution in [2.24, 2.45) is 0 Å². The third kappa shape index (κ3) is 13.2. The normalized spacial score (nSPS) is 11.8. The van der Waals surface area contributed by atoms with Crippen molar-refractivity contribution in [3.05, 3.63) is 131 Å². The lowest BCUT2D eigenvalue weighted by atomic mass is 10.1. The fourth-order valence-electron chi connectivity index (χ4n) is 4.76. The number of carbonyl (C=O) groups is 4. The van der Waals surface area contributed by atoms with Gasteiger partial charge in [-0.1, -0.05) is 84.9 Å². The van der Waals surface area contributed by atoms with Crippen LogP contribution in [-0.4, -0.2) is 49.8 Å². The summed E-state index contributed by atoms with van der Waals surface area (Å²) in [4.78, 5) is 50.3. The van der Waals surface area contributed by atoms with Gasteiger partial charge in [-0.3, -0.25) is 9.59 Å². The lowest BCUT2D eigenvalue weighted by Gasteiger charge is -2.12. The lowest BCUT2D eigenvalue weighted by Crippen LogP contribution is -3.00. The number of allylic oxidation sites excluding steroid dienone is 2. The quantitative estimate of drug-likeness (QED) is 0.0553. The second-order valence-electron chi connectivity index (χ2n) is 11.2. The molecule has 0 heterocycles. The van der Waals surface area contributed by atoms with Gasteiger partial charge < -0.3 is 55.2 Å².